The van der Waals surface area contributed by atoms with Gasteiger partial charge in [0.15, 0.2) is 5.16 Å². The van der Waals surface area contributed by atoms with E-state index in [1.807, 2.05) is 48.5 Å². The maximum atomic E-state index is 5.58. The number of aromatic amines is 1. The van der Waals surface area contributed by atoms with Crippen LogP contribution in [0, 0.1) is 0 Å². The topological polar surface area (TPSA) is 63.9 Å². The van der Waals surface area contributed by atoms with Gasteiger partial charge in [-0.15, -0.1) is 0 Å². The molecule has 0 fully saturated rings. The Hall–Kier alpha value is -2.73. The number of methoxy groups -OCH3 is 1. The molecule has 24 heavy (non-hydrogen) atoms. The molecule has 2 heterocycles. The highest BCUT2D eigenvalue weighted by Gasteiger charge is 2.09. The minimum atomic E-state index is 0.609. The second-order valence-electron chi connectivity index (χ2n) is 5.22. The van der Waals surface area contributed by atoms with Gasteiger partial charge in [0.1, 0.15) is 12.0 Å². The lowest BCUT2D eigenvalue weighted by Gasteiger charge is -1.99. The van der Waals surface area contributed by atoms with Crippen LogP contribution in [0.25, 0.3) is 22.5 Å². The van der Waals surface area contributed by atoms with Gasteiger partial charge >= 0.3 is 0 Å². The summed E-state index contributed by atoms with van der Waals surface area (Å²) in [5.74, 6) is 2.11. The number of oxazole rings is 1. The zero-order chi connectivity index (χ0) is 16.4. The van der Waals surface area contributed by atoms with Crippen LogP contribution < -0.4 is 4.74 Å². The van der Waals surface area contributed by atoms with E-state index in [9.17, 15) is 0 Å². The molecule has 2 aromatic carbocycles. The summed E-state index contributed by atoms with van der Waals surface area (Å²) in [6.07, 6.45) is 1.69. The monoisotopic (exact) mass is 337 g/mol. The quantitative estimate of drug-likeness (QED) is 0.543. The summed E-state index contributed by atoms with van der Waals surface area (Å²) < 4.78 is 10.7. The number of hydrogen-bond donors (Lipinski definition) is 1. The Morgan fingerprint density at radius 1 is 1.08 bits per heavy atom. The van der Waals surface area contributed by atoms with Crippen LogP contribution in [0.2, 0.25) is 0 Å². The van der Waals surface area contributed by atoms with E-state index in [2.05, 4.69) is 15.0 Å². The van der Waals surface area contributed by atoms with E-state index in [0.29, 0.717) is 11.6 Å². The van der Waals surface area contributed by atoms with Gasteiger partial charge in [-0.25, -0.2) is 9.97 Å². The van der Waals surface area contributed by atoms with Crippen LogP contribution in [0.15, 0.2) is 64.4 Å². The number of hydrogen-bond acceptors (Lipinski definition) is 5. The van der Waals surface area contributed by atoms with Crippen LogP contribution in [0.3, 0.4) is 0 Å². The van der Waals surface area contributed by atoms with Crippen molar-refractivity contribution in [3.63, 3.8) is 0 Å². The molecule has 6 heteroatoms. The van der Waals surface area contributed by atoms with Crippen LogP contribution in [0.5, 0.6) is 5.75 Å². The molecule has 0 aliphatic rings. The first-order valence-corrected chi connectivity index (χ1v) is 8.47. The number of thioether (sulfide) groups is 1. The number of ether oxygens (including phenoxy) is 1. The molecule has 5 nitrogen and oxygen atoms in total. The zero-order valence-electron chi connectivity index (χ0n) is 13.0. The SMILES string of the molecule is COc1ccc(-c2nc(CSc3nc4ccccc4[nH]3)co2)cc1. The largest absolute Gasteiger partial charge is 0.497 e. The Kier molecular flexibility index (Phi) is 3.96. The summed E-state index contributed by atoms with van der Waals surface area (Å²) in [5.41, 5.74) is 3.82. The van der Waals surface area contributed by atoms with E-state index in [4.69, 9.17) is 9.15 Å². The van der Waals surface area contributed by atoms with Crippen LogP contribution >= 0.6 is 11.8 Å². The Bertz CT molecular complexity index is 927. The number of para-hydroxylation sites is 2. The Labute approximate surface area is 143 Å². The fourth-order valence-corrected chi connectivity index (χ4v) is 3.14. The molecule has 0 amide bonds. The molecule has 0 atom stereocenters. The fourth-order valence-electron chi connectivity index (χ4n) is 2.38. The highest BCUT2D eigenvalue weighted by atomic mass is 32.2. The highest BCUT2D eigenvalue weighted by Crippen LogP contribution is 2.26. The first-order chi connectivity index (χ1) is 11.8. The fraction of sp³-hybridized carbons (Fsp3) is 0.111. The molecule has 0 saturated heterocycles. The van der Waals surface area contributed by atoms with Gasteiger partial charge in [-0.1, -0.05) is 23.9 Å². The number of imidazole rings is 1. The van der Waals surface area contributed by atoms with Gasteiger partial charge in [-0.05, 0) is 36.4 Å². The Morgan fingerprint density at radius 2 is 1.92 bits per heavy atom. The average molecular weight is 337 g/mol. The van der Waals surface area contributed by atoms with E-state index in [1.54, 1.807) is 25.1 Å². The van der Waals surface area contributed by atoms with E-state index in [0.717, 1.165) is 33.2 Å². The Morgan fingerprint density at radius 3 is 2.71 bits per heavy atom. The van der Waals surface area contributed by atoms with Crippen molar-refractivity contribution >= 4 is 22.8 Å². The van der Waals surface area contributed by atoms with Crippen LogP contribution in [-0.4, -0.2) is 22.1 Å². The normalized spacial score (nSPS) is 11.0. The van der Waals surface area contributed by atoms with Gasteiger partial charge < -0.3 is 14.1 Å². The number of nitrogens with one attached hydrogen (secondary N) is 1. The first kappa shape index (κ1) is 14.8. The van der Waals surface area contributed by atoms with Gasteiger partial charge in [0.25, 0.3) is 0 Å². The van der Waals surface area contributed by atoms with Crippen molar-refractivity contribution in [3.05, 3.63) is 60.5 Å². The van der Waals surface area contributed by atoms with Gasteiger partial charge in [0.2, 0.25) is 5.89 Å². The summed E-state index contributed by atoms with van der Waals surface area (Å²) in [6, 6.07) is 15.6. The van der Waals surface area contributed by atoms with Gasteiger partial charge in [0.05, 0.1) is 23.8 Å². The van der Waals surface area contributed by atoms with Gasteiger partial charge in [-0.2, -0.15) is 0 Å². The minimum absolute atomic E-state index is 0.609. The lowest BCUT2D eigenvalue weighted by molar-refractivity contribution is 0.415. The summed E-state index contributed by atoms with van der Waals surface area (Å²) in [5, 5.41) is 0.880. The third-order valence-electron chi connectivity index (χ3n) is 3.61. The third kappa shape index (κ3) is 3.00. The average Bonchev–Trinajstić information content (AvgIpc) is 3.26. The molecule has 0 bridgehead atoms. The Balaban J connectivity index is 1.46. The second-order valence-corrected chi connectivity index (χ2v) is 6.18. The van der Waals surface area contributed by atoms with Crippen molar-refractivity contribution in [2.24, 2.45) is 0 Å². The van der Waals surface area contributed by atoms with Crippen molar-refractivity contribution in [3.8, 4) is 17.2 Å². The molecule has 1 N–H and O–H groups in total. The second kappa shape index (κ2) is 6.41. The standard InChI is InChI=1S/C18H15N3O2S/c1-22-14-8-6-12(7-9-14)17-19-13(10-23-17)11-24-18-20-15-4-2-3-5-16(15)21-18/h2-10H,11H2,1H3,(H,20,21). The summed E-state index contributed by atoms with van der Waals surface area (Å²) in [7, 11) is 1.65. The lowest BCUT2D eigenvalue weighted by Crippen LogP contribution is -1.84. The molecular formula is C18H15N3O2S. The molecule has 2 aromatic heterocycles. The first-order valence-electron chi connectivity index (χ1n) is 7.48. The number of benzene rings is 2. The number of nitrogens with zero attached hydrogens (tertiary/aromatic N) is 2. The lowest BCUT2D eigenvalue weighted by atomic mass is 10.2. The highest BCUT2D eigenvalue weighted by molar-refractivity contribution is 7.98. The van der Waals surface area contributed by atoms with Gasteiger partial charge in [-0.3, -0.25) is 0 Å². The molecular weight excluding hydrogens is 322 g/mol. The van der Waals surface area contributed by atoms with E-state index < -0.39 is 0 Å². The molecule has 120 valence electrons. The van der Waals surface area contributed by atoms with Crippen molar-refractivity contribution in [2.45, 2.75) is 10.9 Å². The zero-order valence-corrected chi connectivity index (χ0v) is 13.8. The summed E-state index contributed by atoms with van der Waals surface area (Å²) in [6.45, 7) is 0. The predicted octanol–water partition coefficient (Wildman–Crippen LogP) is 4.52. The molecule has 4 aromatic rings. The summed E-state index contributed by atoms with van der Waals surface area (Å²) >= 11 is 1.60. The van der Waals surface area contributed by atoms with Crippen molar-refractivity contribution in [1.82, 2.24) is 15.0 Å². The number of rotatable bonds is 5. The minimum Gasteiger partial charge on any atom is -0.497 e. The maximum absolute atomic E-state index is 5.58. The molecule has 0 aliphatic heterocycles. The van der Waals surface area contributed by atoms with Crippen LogP contribution in [0.1, 0.15) is 5.69 Å². The maximum Gasteiger partial charge on any atom is 0.226 e. The van der Waals surface area contributed by atoms with Crippen molar-refractivity contribution in [2.75, 3.05) is 7.11 Å². The molecule has 0 aliphatic carbocycles. The number of fused-ring (bicyclic) bond motifs is 1. The third-order valence-corrected chi connectivity index (χ3v) is 4.52. The van der Waals surface area contributed by atoms with E-state index in [1.165, 1.54) is 0 Å². The van der Waals surface area contributed by atoms with Crippen LogP contribution in [0.4, 0.5) is 0 Å². The predicted molar refractivity (Wildman–Crippen MR) is 94.1 cm³/mol. The molecule has 4 rings (SSSR count). The summed E-state index contributed by atoms with van der Waals surface area (Å²) in [4.78, 5) is 12.4. The molecule has 0 spiro atoms. The molecule has 0 unspecified atom stereocenters. The number of H-pyrrole nitrogens is 1. The molecule has 0 radical (unpaired) electrons. The van der Waals surface area contributed by atoms with Crippen LogP contribution in [-0.2, 0) is 5.75 Å². The van der Waals surface area contributed by atoms with Crippen molar-refractivity contribution in [1.29, 1.82) is 0 Å². The van der Waals surface area contributed by atoms with E-state index >= 15 is 0 Å². The van der Waals surface area contributed by atoms with Gasteiger partial charge in [0, 0.05) is 11.3 Å². The smallest absolute Gasteiger partial charge is 0.226 e. The number of aromatic nitrogens is 3. The molecule has 0 saturated carbocycles. The van der Waals surface area contributed by atoms with E-state index in [-0.39, 0.29) is 0 Å². The van der Waals surface area contributed by atoms with Crippen molar-refractivity contribution < 1.29 is 9.15 Å².